The molecule has 0 fully saturated rings. The van der Waals surface area contributed by atoms with Gasteiger partial charge in [-0.05, 0) is 12.0 Å². The third-order valence-electron chi connectivity index (χ3n) is 2.78. The van der Waals surface area contributed by atoms with Gasteiger partial charge in [-0.3, -0.25) is 9.59 Å². The van der Waals surface area contributed by atoms with Gasteiger partial charge in [0, 0.05) is 5.56 Å². The maximum Gasteiger partial charge on any atom is 0.310 e. The Morgan fingerprint density at radius 1 is 1.28 bits per heavy atom. The summed E-state index contributed by atoms with van der Waals surface area (Å²) in [5, 5.41) is 27.2. The average molecular weight is 252 g/mol. The number of carboxylic acids is 1. The van der Waals surface area contributed by atoms with Crippen molar-refractivity contribution >= 4 is 11.8 Å². The molecule has 0 saturated heterocycles. The van der Waals surface area contributed by atoms with Gasteiger partial charge in [0.05, 0.1) is 12.5 Å². The third kappa shape index (κ3) is 2.94. The normalized spacial score (nSPS) is 13.9. The van der Waals surface area contributed by atoms with Crippen LogP contribution in [-0.4, -0.2) is 39.8 Å². The zero-order valence-electron chi connectivity index (χ0n) is 10.0. The fraction of sp³-hybridized carbons (Fsp3) is 0.385. The molecule has 0 spiro atoms. The minimum Gasteiger partial charge on any atom is -0.481 e. The van der Waals surface area contributed by atoms with Gasteiger partial charge < -0.3 is 15.3 Å². The SMILES string of the molecule is CCC(C(=O)O)c1ccccc1C(=O)C(O)CO. The first-order chi connectivity index (χ1) is 8.52. The van der Waals surface area contributed by atoms with Crippen LogP contribution in [0, 0.1) is 0 Å². The van der Waals surface area contributed by atoms with Crippen LogP contribution in [0.15, 0.2) is 24.3 Å². The van der Waals surface area contributed by atoms with E-state index >= 15 is 0 Å². The van der Waals surface area contributed by atoms with Crippen molar-refractivity contribution in [3.8, 4) is 0 Å². The highest BCUT2D eigenvalue weighted by Crippen LogP contribution is 2.24. The van der Waals surface area contributed by atoms with E-state index in [0.29, 0.717) is 12.0 Å². The minimum absolute atomic E-state index is 0.147. The zero-order valence-corrected chi connectivity index (χ0v) is 10.0. The number of carbonyl (C=O) groups is 2. The van der Waals surface area contributed by atoms with Crippen LogP contribution < -0.4 is 0 Å². The lowest BCUT2D eigenvalue weighted by Crippen LogP contribution is -2.26. The summed E-state index contributed by atoms with van der Waals surface area (Å²) in [6, 6.07) is 6.25. The predicted octanol–water partition coefficient (Wildman–Crippen LogP) is 0.801. The second-order valence-corrected chi connectivity index (χ2v) is 3.95. The van der Waals surface area contributed by atoms with Gasteiger partial charge in [0.2, 0.25) is 0 Å². The molecule has 2 atom stereocenters. The molecule has 98 valence electrons. The summed E-state index contributed by atoms with van der Waals surface area (Å²) in [6.07, 6.45) is -1.17. The lowest BCUT2D eigenvalue weighted by molar-refractivity contribution is -0.138. The molecule has 0 saturated carbocycles. The summed E-state index contributed by atoms with van der Waals surface area (Å²) < 4.78 is 0. The number of carboxylic acid groups (broad SMARTS) is 1. The van der Waals surface area contributed by atoms with Crippen LogP contribution in [0.3, 0.4) is 0 Å². The van der Waals surface area contributed by atoms with Crippen LogP contribution in [0.4, 0.5) is 0 Å². The van der Waals surface area contributed by atoms with Gasteiger partial charge in [0.25, 0.3) is 0 Å². The molecule has 0 radical (unpaired) electrons. The first kappa shape index (κ1) is 14.3. The maximum atomic E-state index is 11.8. The monoisotopic (exact) mass is 252 g/mol. The molecule has 1 rings (SSSR count). The first-order valence-electron chi connectivity index (χ1n) is 5.67. The van der Waals surface area contributed by atoms with Crippen LogP contribution in [0.1, 0.15) is 35.2 Å². The Bertz CT molecular complexity index is 441. The molecule has 0 amide bonds. The van der Waals surface area contributed by atoms with Crippen LogP contribution in [0.2, 0.25) is 0 Å². The van der Waals surface area contributed by atoms with Crippen LogP contribution in [0.25, 0.3) is 0 Å². The van der Waals surface area contributed by atoms with Gasteiger partial charge in [0.1, 0.15) is 6.10 Å². The van der Waals surface area contributed by atoms with E-state index in [1.807, 2.05) is 0 Å². The summed E-state index contributed by atoms with van der Waals surface area (Å²) in [4.78, 5) is 23.0. The largest absolute Gasteiger partial charge is 0.481 e. The van der Waals surface area contributed by atoms with E-state index in [0.717, 1.165) is 0 Å². The smallest absolute Gasteiger partial charge is 0.310 e. The van der Waals surface area contributed by atoms with Gasteiger partial charge in [0.15, 0.2) is 5.78 Å². The topological polar surface area (TPSA) is 94.8 Å². The molecular weight excluding hydrogens is 236 g/mol. The number of carbonyl (C=O) groups excluding carboxylic acids is 1. The number of rotatable bonds is 6. The van der Waals surface area contributed by atoms with Gasteiger partial charge in [-0.15, -0.1) is 0 Å². The lowest BCUT2D eigenvalue weighted by Gasteiger charge is -2.16. The van der Waals surface area contributed by atoms with Crippen molar-refractivity contribution in [2.24, 2.45) is 0 Å². The summed E-state index contributed by atoms with van der Waals surface area (Å²) in [7, 11) is 0. The molecule has 1 aromatic rings. The van der Waals surface area contributed by atoms with E-state index < -0.39 is 30.4 Å². The number of benzene rings is 1. The molecule has 5 heteroatoms. The molecule has 0 bridgehead atoms. The number of hydrogen-bond acceptors (Lipinski definition) is 4. The summed E-state index contributed by atoms with van der Waals surface area (Å²) in [5.74, 6) is -2.47. The Balaban J connectivity index is 3.21. The maximum absolute atomic E-state index is 11.8. The van der Waals surface area contributed by atoms with Gasteiger partial charge >= 0.3 is 5.97 Å². The number of hydrogen-bond donors (Lipinski definition) is 3. The molecule has 0 aromatic heterocycles. The Kier molecular flexibility index (Phi) is 5.00. The van der Waals surface area contributed by atoms with Gasteiger partial charge in [-0.2, -0.15) is 0 Å². The second-order valence-electron chi connectivity index (χ2n) is 3.95. The van der Waals surface area contributed by atoms with E-state index in [-0.39, 0.29) is 5.56 Å². The molecule has 18 heavy (non-hydrogen) atoms. The molecule has 2 unspecified atom stereocenters. The minimum atomic E-state index is -1.52. The Morgan fingerprint density at radius 2 is 1.89 bits per heavy atom. The highest BCUT2D eigenvalue weighted by atomic mass is 16.4. The van der Waals surface area contributed by atoms with Crippen molar-refractivity contribution in [2.75, 3.05) is 6.61 Å². The molecule has 0 heterocycles. The van der Waals surface area contributed by atoms with Crippen molar-refractivity contribution < 1.29 is 24.9 Å². The standard InChI is InChI=1S/C13H16O5/c1-2-8(13(17)18)9-5-3-4-6-10(9)12(16)11(15)7-14/h3-6,8,11,14-15H,2,7H2,1H3,(H,17,18). The van der Waals surface area contributed by atoms with Crippen molar-refractivity contribution in [2.45, 2.75) is 25.4 Å². The van der Waals surface area contributed by atoms with Gasteiger partial charge in [-0.25, -0.2) is 0 Å². The molecular formula is C13H16O5. The Labute approximate surface area is 105 Å². The van der Waals surface area contributed by atoms with E-state index in [2.05, 4.69) is 0 Å². The van der Waals surface area contributed by atoms with Crippen LogP contribution in [-0.2, 0) is 4.79 Å². The molecule has 0 aliphatic heterocycles. The lowest BCUT2D eigenvalue weighted by atomic mass is 9.89. The van der Waals surface area contributed by atoms with Crippen molar-refractivity contribution in [3.05, 3.63) is 35.4 Å². The Morgan fingerprint density at radius 3 is 2.39 bits per heavy atom. The fourth-order valence-corrected chi connectivity index (χ4v) is 1.82. The van der Waals surface area contributed by atoms with E-state index in [1.165, 1.54) is 6.07 Å². The van der Waals surface area contributed by atoms with Crippen molar-refractivity contribution in [1.82, 2.24) is 0 Å². The highest BCUT2D eigenvalue weighted by molar-refractivity contribution is 6.01. The quantitative estimate of drug-likeness (QED) is 0.651. The molecule has 0 aliphatic carbocycles. The van der Waals surface area contributed by atoms with E-state index in [1.54, 1.807) is 25.1 Å². The number of aliphatic hydroxyl groups is 2. The molecule has 0 aliphatic rings. The van der Waals surface area contributed by atoms with E-state index in [9.17, 15) is 14.7 Å². The number of ketones is 1. The van der Waals surface area contributed by atoms with Crippen LogP contribution in [0.5, 0.6) is 0 Å². The first-order valence-corrected chi connectivity index (χ1v) is 5.67. The molecule has 5 nitrogen and oxygen atoms in total. The number of aliphatic hydroxyl groups excluding tert-OH is 2. The predicted molar refractivity (Wildman–Crippen MR) is 64.5 cm³/mol. The average Bonchev–Trinajstić information content (AvgIpc) is 2.38. The number of aliphatic carboxylic acids is 1. The Hall–Kier alpha value is -1.72. The highest BCUT2D eigenvalue weighted by Gasteiger charge is 2.25. The summed E-state index contributed by atoms with van der Waals surface area (Å²) >= 11 is 0. The van der Waals surface area contributed by atoms with Crippen LogP contribution >= 0.6 is 0 Å². The van der Waals surface area contributed by atoms with Crippen molar-refractivity contribution in [1.29, 1.82) is 0 Å². The molecule has 1 aromatic carbocycles. The van der Waals surface area contributed by atoms with Crippen molar-refractivity contribution in [3.63, 3.8) is 0 Å². The number of Topliss-reactive ketones (excluding diaryl/α,β-unsaturated/α-hetero) is 1. The zero-order chi connectivity index (χ0) is 13.7. The third-order valence-corrected chi connectivity index (χ3v) is 2.78. The summed E-state index contributed by atoms with van der Waals surface area (Å²) in [5.41, 5.74) is 0.512. The second kappa shape index (κ2) is 6.28. The fourth-order valence-electron chi connectivity index (χ4n) is 1.82. The van der Waals surface area contributed by atoms with Gasteiger partial charge in [-0.1, -0.05) is 31.2 Å². The van der Waals surface area contributed by atoms with E-state index in [4.69, 9.17) is 10.2 Å². The summed E-state index contributed by atoms with van der Waals surface area (Å²) in [6.45, 7) is 1.03. The molecule has 3 N–H and O–H groups in total.